The molecule has 0 radical (unpaired) electrons. The molecule has 0 amide bonds. The summed E-state index contributed by atoms with van der Waals surface area (Å²) in [6, 6.07) is 10.5. The van der Waals surface area contributed by atoms with Gasteiger partial charge >= 0.3 is 0 Å². The molecule has 5 rings (SSSR count). The number of benzene rings is 2. The van der Waals surface area contributed by atoms with Gasteiger partial charge in [0.1, 0.15) is 11.5 Å². The van der Waals surface area contributed by atoms with Gasteiger partial charge in [-0.25, -0.2) is 0 Å². The Morgan fingerprint density at radius 3 is 2.55 bits per heavy atom. The lowest BCUT2D eigenvalue weighted by molar-refractivity contribution is -0.0178. The highest BCUT2D eigenvalue weighted by Gasteiger charge is 2.42. The number of likely N-dealkylation sites (tertiary alicyclic amines) is 1. The Morgan fingerprint density at radius 2 is 1.79 bits per heavy atom. The van der Waals surface area contributed by atoms with Crippen molar-refractivity contribution in [2.45, 2.75) is 45.8 Å². The van der Waals surface area contributed by atoms with Crippen molar-refractivity contribution in [1.29, 1.82) is 0 Å². The fraction of sp³-hybridized carbons (Fsp3) is 0.500. The van der Waals surface area contributed by atoms with E-state index in [4.69, 9.17) is 18.9 Å². The van der Waals surface area contributed by atoms with Crippen LogP contribution in [-0.4, -0.2) is 37.6 Å². The quantitative estimate of drug-likeness (QED) is 0.750. The zero-order valence-corrected chi connectivity index (χ0v) is 17.4. The normalized spacial score (nSPS) is 25.6. The first-order valence-electron chi connectivity index (χ1n) is 10.7. The molecule has 5 heteroatoms. The number of hydrogen-bond acceptors (Lipinski definition) is 5. The van der Waals surface area contributed by atoms with Crippen LogP contribution in [0.5, 0.6) is 23.0 Å². The maximum absolute atomic E-state index is 6.58. The van der Waals surface area contributed by atoms with E-state index < -0.39 is 0 Å². The summed E-state index contributed by atoms with van der Waals surface area (Å²) in [5, 5.41) is 0. The topological polar surface area (TPSA) is 40.2 Å². The first-order valence-corrected chi connectivity index (χ1v) is 10.7. The van der Waals surface area contributed by atoms with Crippen molar-refractivity contribution in [3.8, 4) is 23.0 Å². The van der Waals surface area contributed by atoms with E-state index in [1.807, 2.05) is 13.0 Å². The average molecular weight is 395 g/mol. The Hall–Kier alpha value is -2.40. The first-order chi connectivity index (χ1) is 14.2. The summed E-state index contributed by atoms with van der Waals surface area (Å²) in [5.41, 5.74) is 3.68. The highest BCUT2D eigenvalue weighted by Crippen LogP contribution is 2.51. The predicted molar refractivity (Wildman–Crippen MR) is 111 cm³/mol. The van der Waals surface area contributed by atoms with E-state index in [-0.39, 0.29) is 18.9 Å². The second-order valence-corrected chi connectivity index (χ2v) is 8.23. The lowest BCUT2D eigenvalue weighted by Crippen LogP contribution is -2.47. The maximum atomic E-state index is 6.58. The third kappa shape index (κ3) is 3.12. The van der Waals surface area contributed by atoms with E-state index in [2.05, 4.69) is 43.0 Å². The number of nitrogens with zero attached hydrogens (tertiary/aromatic N) is 1. The molecular weight excluding hydrogens is 366 g/mol. The van der Waals surface area contributed by atoms with E-state index in [9.17, 15) is 0 Å². The minimum atomic E-state index is 0.0607. The van der Waals surface area contributed by atoms with Gasteiger partial charge in [-0.1, -0.05) is 19.1 Å². The molecule has 2 aromatic carbocycles. The van der Waals surface area contributed by atoms with Gasteiger partial charge in [-0.2, -0.15) is 0 Å². The number of rotatable bonds is 4. The predicted octanol–water partition coefficient (Wildman–Crippen LogP) is 4.70. The van der Waals surface area contributed by atoms with Crippen molar-refractivity contribution in [3.05, 3.63) is 47.0 Å². The highest BCUT2D eigenvalue weighted by molar-refractivity contribution is 5.57. The molecule has 0 saturated carbocycles. The van der Waals surface area contributed by atoms with Crippen LogP contribution in [0.4, 0.5) is 0 Å². The third-order valence-corrected chi connectivity index (χ3v) is 6.52. The molecule has 29 heavy (non-hydrogen) atoms. The van der Waals surface area contributed by atoms with Crippen molar-refractivity contribution < 1.29 is 18.9 Å². The molecule has 1 fully saturated rings. The lowest BCUT2D eigenvalue weighted by atomic mass is 9.76. The summed E-state index contributed by atoms with van der Waals surface area (Å²) in [6.07, 6.45) is 2.54. The molecule has 0 N–H and O–H groups in total. The Balaban J connectivity index is 1.63. The molecule has 0 bridgehead atoms. The van der Waals surface area contributed by atoms with Gasteiger partial charge in [-0.05, 0) is 49.9 Å². The summed E-state index contributed by atoms with van der Waals surface area (Å²) < 4.78 is 23.8. The van der Waals surface area contributed by atoms with Gasteiger partial charge in [-0.15, -0.1) is 0 Å². The average Bonchev–Trinajstić information content (AvgIpc) is 3.40. The van der Waals surface area contributed by atoms with Crippen molar-refractivity contribution in [2.75, 3.05) is 26.5 Å². The van der Waals surface area contributed by atoms with Gasteiger partial charge in [0, 0.05) is 36.6 Å². The number of hydrogen-bond donors (Lipinski definition) is 0. The van der Waals surface area contributed by atoms with Gasteiger partial charge in [0.25, 0.3) is 0 Å². The number of fused-ring (bicyclic) bond motifs is 2. The molecule has 3 aliphatic rings. The molecule has 154 valence electrons. The fourth-order valence-corrected chi connectivity index (χ4v) is 5.10. The molecule has 3 heterocycles. The molecule has 1 saturated heterocycles. The van der Waals surface area contributed by atoms with Crippen LogP contribution in [0.15, 0.2) is 30.3 Å². The second-order valence-electron chi connectivity index (χ2n) is 8.23. The minimum Gasteiger partial charge on any atom is -0.494 e. The van der Waals surface area contributed by atoms with Crippen LogP contribution in [0.25, 0.3) is 0 Å². The molecular formula is C24H29NO4. The minimum absolute atomic E-state index is 0.0607. The summed E-state index contributed by atoms with van der Waals surface area (Å²) >= 11 is 0. The zero-order chi connectivity index (χ0) is 20.0. The van der Waals surface area contributed by atoms with Crippen molar-refractivity contribution in [1.82, 2.24) is 4.90 Å². The lowest BCUT2D eigenvalue weighted by Gasteiger charge is -2.42. The first kappa shape index (κ1) is 18.6. The van der Waals surface area contributed by atoms with Gasteiger partial charge in [0.15, 0.2) is 17.7 Å². The van der Waals surface area contributed by atoms with Crippen LogP contribution in [0.3, 0.4) is 0 Å². The molecule has 0 spiro atoms. The Bertz CT molecular complexity index is 906. The molecule has 3 unspecified atom stereocenters. The molecule has 0 aromatic heterocycles. The van der Waals surface area contributed by atoms with E-state index >= 15 is 0 Å². The molecule has 3 atom stereocenters. The van der Waals surface area contributed by atoms with E-state index in [0.717, 1.165) is 36.1 Å². The summed E-state index contributed by atoms with van der Waals surface area (Å²) in [6.45, 7) is 9.64. The van der Waals surface area contributed by atoms with Gasteiger partial charge in [0.05, 0.1) is 6.61 Å². The molecule has 5 nitrogen and oxygen atoms in total. The molecule has 0 aliphatic carbocycles. The SMILES string of the molecule is CCOc1cccc(C2c3cc4c(cc3OC(N3CCCC3)C2C)OCO4)c1C. The van der Waals surface area contributed by atoms with Crippen LogP contribution in [0, 0.1) is 12.8 Å². The third-order valence-electron chi connectivity index (χ3n) is 6.52. The zero-order valence-electron chi connectivity index (χ0n) is 17.4. The summed E-state index contributed by atoms with van der Waals surface area (Å²) in [4.78, 5) is 2.49. The number of ether oxygens (including phenoxy) is 4. The smallest absolute Gasteiger partial charge is 0.231 e. The van der Waals surface area contributed by atoms with Gasteiger partial charge < -0.3 is 18.9 Å². The van der Waals surface area contributed by atoms with E-state index in [1.165, 1.54) is 29.5 Å². The Labute approximate surface area is 172 Å². The summed E-state index contributed by atoms with van der Waals surface area (Å²) in [5.74, 6) is 3.97. The largest absolute Gasteiger partial charge is 0.494 e. The monoisotopic (exact) mass is 395 g/mol. The highest BCUT2D eigenvalue weighted by atomic mass is 16.7. The summed E-state index contributed by atoms with van der Waals surface area (Å²) in [7, 11) is 0. The standard InChI is InChI=1S/C24H29NO4/c1-4-26-19-9-7-8-17(15(19)2)23-16(3)24(25-10-5-6-11-25)29-20-13-22-21(12-18(20)23)27-14-28-22/h7-9,12-13,16,23-24H,4-6,10-11,14H2,1-3H3. The van der Waals surface area contributed by atoms with Crippen LogP contribution >= 0.6 is 0 Å². The Morgan fingerprint density at radius 1 is 1.03 bits per heavy atom. The van der Waals surface area contributed by atoms with Gasteiger partial charge in [-0.3, -0.25) is 4.90 Å². The van der Waals surface area contributed by atoms with Crippen molar-refractivity contribution in [2.24, 2.45) is 5.92 Å². The van der Waals surface area contributed by atoms with Crippen molar-refractivity contribution in [3.63, 3.8) is 0 Å². The van der Waals surface area contributed by atoms with Crippen LogP contribution in [0.1, 0.15) is 49.3 Å². The van der Waals surface area contributed by atoms with Crippen LogP contribution in [0.2, 0.25) is 0 Å². The van der Waals surface area contributed by atoms with E-state index in [1.54, 1.807) is 0 Å². The van der Waals surface area contributed by atoms with Crippen LogP contribution in [-0.2, 0) is 0 Å². The maximum Gasteiger partial charge on any atom is 0.231 e. The molecule has 2 aromatic rings. The van der Waals surface area contributed by atoms with Gasteiger partial charge in [0.2, 0.25) is 6.79 Å². The van der Waals surface area contributed by atoms with Crippen molar-refractivity contribution >= 4 is 0 Å². The molecule has 3 aliphatic heterocycles. The van der Waals surface area contributed by atoms with Crippen LogP contribution < -0.4 is 18.9 Å². The second kappa shape index (κ2) is 7.45. The Kier molecular flexibility index (Phi) is 4.78. The van der Waals surface area contributed by atoms with E-state index in [0.29, 0.717) is 12.5 Å². The fourth-order valence-electron chi connectivity index (χ4n) is 5.10.